The summed E-state index contributed by atoms with van der Waals surface area (Å²) in [5.74, 6) is 0.442. The quantitative estimate of drug-likeness (QED) is 0.747. The Hall–Kier alpha value is -2.02. The summed E-state index contributed by atoms with van der Waals surface area (Å²) >= 11 is 0. The van der Waals surface area contributed by atoms with E-state index < -0.39 is 0 Å². The van der Waals surface area contributed by atoms with Gasteiger partial charge in [0.15, 0.2) is 0 Å². The minimum atomic E-state index is -0.320. The highest BCUT2D eigenvalue weighted by atomic mass is 16.5. The van der Waals surface area contributed by atoms with Crippen molar-refractivity contribution in [3.8, 4) is 11.8 Å². The minimum absolute atomic E-state index is 0.0903. The molecule has 1 heterocycles. The molecule has 88 valence electrons. The monoisotopic (exact) mass is 231 g/mol. The highest BCUT2D eigenvalue weighted by molar-refractivity contribution is 5.89. The van der Waals surface area contributed by atoms with E-state index in [-0.39, 0.29) is 12.1 Å². The molecule has 0 radical (unpaired) electrons. The number of esters is 1. The largest absolute Gasteiger partial charge is 0.489 e. The minimum Gasteiger partial charge on any atom is -0.489 e. The molecule has 0 aromatic heterocycles. The SMILES string of the molecule is CCOC(=O)c1ccc2c(c1)CC(CC#N)O2. The van der Waals surface area contributed by atoms with Crippen LogP contribution in [0.15, 0.2) is 18.2 Å². The lowest BCUT2D eigenvalue weighted by molar-refractivity contribution is 0.0526. The van der Waals surface area contributed by atoms with Crippen molar-refractivity contribution in [2.75, 3.05) is 6.61 Å². The molecule has 17 heavy (non-hydrogen) atoms. The zero-order valence-electron chi connectivity index (χ0n) is 9.60. The maximum atomic E-state index is 11.5. The lowest BCUT2D eigenvalue weighted by atomic mass is 10.1. The molecule has 4 nitrogen and oxygen atoms in total. The molecular formula is C13H13NO3. The van der Waals surface area contributed by atoms with Crippen LogP contribution >= 0.6 is 0 Å². The van der Waals surface area contributed by atoms with Gasteiger partial charge >= 0.3 is 5.97 Å². The number of ether oxygens (including phenoxy) is 2. The van der Waals surface area contributed by atoms with Gasteiger partial charge in [-0.15, -0.1) is 0 Å². The number of fused-ring (bicyclic) bond motifs is 1. The fourth-order valence-corrected chi connectivity index (χ4v) is 1.88. The topological polar surface area (TPSA) is 59.3 Å². The Kier molecular flexibility index (Phi) is 3.29. The molecule has 0 amide bonds. The Morgan fingerprint density at radius 2 is 2.47 bits per heavy atom. The molecule has 0 spiro atoms. The summed E-state index contributed by atoms with van der Waals surface area (Å²) in [5.41, 5.74) is 1.50. The zero-order valence-corrected chi connectivity index (χ0v) is 9.60. The van der Waals surface area contributed by atoms with Crippen LogP contribution in [0.2, 0.25) is 0 Å². The van der Waals surface area contributed by atoms with Gasteiger partial charge in [0.2, 0.25) is 0 Å². The third-order valence-corrected chi connectivity index (χ3v) is 2.63. The second-order valence-corrected chi connectivity index (χ2v) is 3.85. The molecule has 0 fully saturated rings. The Balaban J connectivity index is 2.15. The van der Waals surface area contributed by atoms with Gasteiger partial charge in [0, 0.05) is 6.42 Å². The molecule has 0 aliphatic carbocycles. The molecule has 1 aliphatic rings. The van der Waals surface area contributed by atoms with Crippen LogP contribution in [0.3, 0.4) is 0 Å². The molecule has 1 aromatic rings. The number of hydrogen-bond acceptors (Lipinski definition) is 4. The van der Waals surface area contributed by atoms with E-state index in [2.05, 4.69) is 6.07 Å². The van der Waals surface area contributed by atoms with E-state index in [1.165, 1.54) is 0 Å². The number of rotatable bonds is 3. The fourth-order valence-electron chi connectivity index (χ4n) is 1.88. The number of carbonyl (C=O) groups is 1. The van der Waals surface area contributed by atoms with E-state index in [0.717, 1.165) is 11.3 Å². The van der Waals surface area contributed by atoms with Gasteiger partial charge in [-0.25, -0.2) is 4.79 Å². The Morgan fingerprint density at radius 3 is 3.18 bits per heavy atom. The Bertz CT molecular complexity index is 476. The Labute approximate surface area is 99.8 Å². The predicted octanol–water partition coefficient (Wildman–Crippen LogP) is 2.08. The Morgan fingerprint density at radius 1 is 1.65 bits per heavy atom. The lowest BCUT2D eigenvalue weighted by Crippen LogP contribution is -2.11. The maximum Gasteiger partial charge on any atom is 0.338 e. The van der Waals surface area contributed by atoms with Crippen LogP contribution in [0.1, 0.15) is 29.3 Å². The van der Waals surface area contributed by atoms with Crippen molar-refractivity contribution in [1.29, 1.82) is 5.26 Å². The van der Waals surface area contributed by atoms with Crippen LogP contribution in [0.5, 0.6) is 5.75 Å². The summed E-state index contributed by atoms with van der Waals surface area (Å²) in [7, 11) is 0. The second kappa shape index (κ2) is 4.88. The molecule has 1 atom stereocenters. The van der Waals surface area contributed by atoms with E-state index in [1.54, 1.807) is 25.1 Å². The second-order valence-electron chi connectivity index (χ2n) is 3.85. The highest BCUT2D eigenvalue weighted by Crippen LogP contribution is 2.30. The van der Waals surface area contributed by atoms with Crippen LogP contribution < -0.4 is 4.74 Å². The summed E-state index contributed by atoms with van der Waals surface area (Å²) in [6, 6.07) is 7.32. The van der Waals surface area contributed by atoms with Crippen LogP contribution in [-0.4, -0.2) is 18.7 Å². The first-order valence-electron chi connectivity index (χ1n) is 5.58. The molecule has 1 aromatic carbocycles. The average molecular weight is 231 g/mol. The molecule has 0 N–H and O–H groups in total. The normalized spacial score (nSPS) is 16.8. The van der Waals surface area contributed by atoms with Crippen molar-refractivity contribution in [3.05, 3.63) is 29.3 Å². The molecule has 0 saturated heterocycles. The lowest BCUT2D eigenvalue weighted by Gasteiger charge is -2.05. The van der Waals surface area contributed by atoms with E-state index in [9.17, 15) is 4.79 Å². The number of nitriles is 1. The van der Waals surface area contributed by atoms with Crippen molar-refractivity contribution >= 4 is 5.97 Å². The molecule has 1 unspecified atom stereocenters. The highest BCUT2D eigenvalue weighted by Gasteiger charge is 2.23. The predicted molar refractivity (Wildman–Crippen MR) is 60.7 cm³/mol. The van der Waals surface area contributed by atoms with E-state index in [4.69, 9.17) is 14.7 Å². The first-order chi connectivity index (χ1) is 8.24. The third kappa shape index (κ3) is 2.39. The molecule has 1 aliphatic heterocycles. The summed E-state index contributed by atoms with van der Waals surface area (Å²) in [4.78, 5) is 11.5. The summed E-state index contributed by atoms with van der Waals surface area (Å²) in [6.07, 6.45) is 0.951. The van der Waals surface area contributed by atoms with Crippen LogP contribution in [0.25, 0.3) is 0 Å². The molecular weight excluding hydrogens is 218 g/mol. The number of hydrogen-bond donors (Lipinski definition) is 0. The first-order valence-corrected chi connectivity index (χ1v) is 5.58. The average Bonchev–Trinajstić information content (AvgIpc) is 2.71. The van der Waals surface area contributed by atoms with Crippen LogP contribution in [0.4, 0.5) is 0 Å². The zero-order chi connectivity index (χ0) is 12.3. The molecule has 0 saturated carbocycles. The molecule has 2 rings (SSSR count). The molecule has 4 heteroatoms. The summed E-state index contributed by atoms with van der Waals surface area (Å²) in [6.45, 7) is 2.14. The standard InChI is InChI=1S/C13H13NO3/c1-2-16-13(15)9-3-4-12-10(7-9)8-11(17-12)5-6-14/h3-4,7,11H,2,5,8H2,1H3. The number of carbonyl (C=O) groups excluding carboxylic acids is 1. The summed E-state index contributed by atoms with van der Waals surface area (Å²) < 4.78 is 10.5. The number of benzene rings is 1. The molecule has 0 bridgehead atoms. The maximum absolute atomic E-state index is 11.5. The van der Waals surface area contributed by atoms with Crippen molar-refractivity contribution in [1.82, 2.24) is 0 Å². The number of nitrogens with zero attached hydrogens (tertiary/aromatic N) is 1. The van der Waals surface area contributed by atoms with Gasteiger partial charge in [0.05, 0.1) is 24.7 Å². The van der Waals surface area contributed by atoms with Gasteiger partial charge in [-0.1, -0.05) is 0 Å². The van der Waals surface area contributed by atoms with Gasteiger partial charge in [-0.2, -0.15) is 5.26 Å². The van der Waals surface area contributed by atoms with Crippen LogP contribution in [0, 0.1) is 11.3 Å². The van der Waals surface area contributed by atoms with Crippen molar-refractivity contribution in [2.45, 2.75) is 25.9 Å². The van der Waals surface area contributed by atoms with Crippen LogP contribution in [-0.2, 0) is 11.2 Å². The first kappa shape index (κ1) is 11.5. The van der Waals surface area contributed by atoms with E-state index in [0.29, 0.717) is 25.0 Å². The van der Waals surface area contributed by atoms with Gasteiger partial charge in [0.1, 0.15) is 11.9 Å². The smallest absolute Gasteiger partial charge is 0.338 e. The fraction of sp³-hybridized carbons (Fsp3) is 0.385. The van der Waals surface area contributed by atoms with Gasteiger partial charge in [-0.05, 0) is 30.7 Å². The summed E-state index contributed by atoms with van der Waals surface area (Å²) in [5, 5.41) is 8.61. The van der Waals surface area contributed by atoms with Crippen molar-refractivity contribution in [2.24, 2.45) is 0 Å². The third-order valence-electron chi connectivity index (χ3n) is 2.63. The van der Waals surface area contributed by atoms with E-state index >= 15 is 0 Å². The van der Waals surface area contributed by atoms with Crippen molar-refractivity contribution in [3.63, 3.8) is 0 Å². The van der Waals surface area contributed by atoms with E-state index in [1.807, 2.05) is 0 Å². The van der Waals surface area contributed by atoms with Gasteiger partial charge in [-0.3, -0.25) is 0 Å². The van der Waals surface area contributed by atoms with Gasteiger partial charge in [0.25, 0.3) is 0 Å². The van der Waals surface area contributed by atoms with Crippen molar-refractivity contribution < 1.29 is 14.3 Å². The van der Waals surface area contributed by atoms with Gasteiger partial charge < -0.3 is 9.47 Å².